The first kappa shape index (κ1) is 36.3. The van der Waals surface area contributed by atoms with Crippen LogP contribution in [0.5, 0.6) is 0 Å². The molecule has 5 rings (SSSR count). The predicted octanol–water partition coefficient (Wildman–Crippen LogP) is 10.8. The molecule has 1 aliphatic carbocycles. The maximum absolute atomic E-state index is 2.50. The van der Waals surface area contributed by atoms with Crippen LogP contribution < -0.4 is 20.8 Å². The normalized spacial score (nSPS) is 13.2. The predicted molar refractivity (Wildman–Crippen MR) is 220 cm³/mol. The van der Waals surface area contributed by atoms with Crippen LogP contribution in [0.1, 0.15) is 111 Å². The third-order valence-corrected chi connectivity index (χ3v) is 23.7. The van der Waals surface area contributed by atoms with Crippen molar-refractivity contribution in [3.63, 3.8) is 0 Å². The lowest BCUT2D eigenvalue weighted by atomic mass is 9.81. The van der Waals surface area contributed by atoms with E-state index in [9.17, 15) is 0 Å². The summed E-state index contributed by atoms with van der Waals surface area (Å²) in [7, 11) is -2.97. The summed E-state index contributed by atoms with van der Waals surface area (Å²) in [5, 5.41) is 6.01. The third-order valence-electron chi connectivity index (χ3n) is 12.4. The van der Waals surface area contributed by atoms with Gasteiger partial charge >= 0.3 is 0 Å². The van der Waals surface area contributed by atoms with E-state index in [1.165, 1.54) is 91.2 Å². The van der Waals surface area contributed by atoms with Gasteiger partial charge in [-0.15, -0.1) is 0 Å². The lowest BCUT2D eigenvalue weighted by molar-refractivity contribution is 0.585. The van der Waals surface area contributed by atoms with Gasteiger partial charge in [-0.2, -0.15) is 0 Å². The molecule has 0 saturated heterocycles. The van der Waals surface area contributed by atoms with Gasteiger partial charge < -0.3 is 0 Å². The second-order valence-electron chi connectivity index (χ2n) is 16.6. The minimum Gasteiger partial charge on any atom is -0.0675 e. The van der Waals surface area contributed by atoms with Gasteiger partial charge in [0.25, 0.3) is 0 Å². The second kappa shape index (κ2) is 13.8. The Hall–Kier alpha value is -2.95. The Morgan fingerprint density at radius 3 is 1.33 bits per heavy atom. The molecular weight excluding hydrogens is 609 g/mol. The molecule has 0 N–H and O–H groups in total. The van der Waals surface area contributed by atoms with Gasteiger partial charge in [-0.1, -0.05) is 209 Å². The quantitative estimate of drug-likeness (QED) is 0.130. The van der Waals surface area contributed by atoms with E-state index < -0.39 is 16.1 Å². The highest BCUT2D eigenvalue weighted by molar-refractivity contribution is 6.92. The Morgan fingerprint density at radius 2 is 0.938 bits per heavy atom. The van der Waals surface area contributed by atoms with Crippen LogP contribution in [0.4, 0.5) is 0 Å². The molecule has 0 amide bonds. The molecule has 254 valence electrons. The Kier molecular flexibility index (Phi) is 10.4. The summed E-state index contributed by atoms with van der Waals surface area (Å²) in [6.07, 6.45) is 2.50. The second-order valence-corrected chi connectivity index (χ2v) is 27.1. The number of rotatable bonds is 10. The van der Waals surface area contributed by atoms with Gasteiger partial charge in [0.05, 0.1) is 16.1 Å². The summed E-state index contributed by atoms with van der Waals surface area (Å²) in [5.41, 5.74) is 11.0. The van der Waals surface area contributed by atoms with Crippen LogP contribution in [-0.2, 0) is 10.8 Å². The van der Waals surface area contributed by atoms with Crippen molar-refractivity contribution >= 4 is 38.2 Å². The first-order chi connectivity index (χ1) is 22.7. The van der Waals surface area contributed by atoms with Crippen molar-refractivity contribution in [2.75, 3.05) is 0 Å². The van der Waals surface area contributed by atoms with Gasteiger partial charge in [0.2, 0.25) is 0 Å². The molecule has 0 saturated carbocycles. The first-order valence-electron chi connectivity index (χ1n) is 19.0. The molecule has 4 aromatic rings. The molecule has 0 fully saturated rings. The van der Waals surface area contributed by atoms with E-state index >= 15 is 0 Å². The van der Waals surface area contributed by atoms with E-state index in [0.717, 1.165) is 0 Å². The van der Waals surface area contributed by atoms with Gasteiger partial charge in [-0.25, -0.2) is 0 Å². The molecule has 4 aromatic carbocycles. The molecule has 0 atom stereocenters. The largest absolute Gasteiger partial charge is 0.0859 e. The highest BCUT2D eigenvalue weighted by Crippen LogP contribution is 2.34. The van der Waals surface area contributed by atoms with E-state index in [1.54, 1.807) is 10.4 Å². The topological polar surface area (TPSA) is 0 Å². The van der Waals surface area contributed by atoms with Crippen molar-refractivity contribution in [1.82, 2.24) is 0 Å². The van der Waals surface area contributed by atoms with Crippen molar-refractivity contribution < 1.29 is 0 Å². The summed E-state index contributed by atoms with van der Waals surface area (Å²) < 4.78 is 0. The zero-order valence-corrected chi connectivity index (χ0v) is 34.3. The van der Waals surface area contributed by atoms with Crippen molar-refractivity contribution in [1.29, 1.82) is 0 Å². The van der Waals surface area contributed by atoms with E-state index in [0.29, 0.717) is 0 Å². The Labute approximate surface area is 295 Å². The van der Waals surface area contributed by atoms with E-state index in [1.807, 2.05) is 0 Å². The number of hydrogen-bond acceptors (Lipinski definition) is 0. The molecule has 2 heteroatoms. The minimum atomic E-state index is -1.48. The standard InChI is InChI=1S/C46H62Si2/c1-13-47(14-2,15-3)37-24-19-33(20-25-37)43(34-21-26-38(27-22-34)48(16-4,17-5)18-6)44-41-32-35-31-36(45(7,8)9)23-28-39(35)40(41)29-30-42(44)46(10,11)12/h19-32H,13-18H2,1-12H3. The molecule has 0 aromatic heterocycles. The van der Waals surface area contributed by atoms with Crippen LogP contribution in [0.3, 0.4) is 0 Å². The average Bonchev–Trinajstić information content (AvgIpc) is 3.46. The first-order valence-corrected chi connectivity index (χ1v) is 24.2. The van der Waals surface area contributed by atoms with Crippen molar-refractivity contribution in [3.8, 4) is 11.1 Å². The molecular formula is C46H62Si2. The van der Waals surface area contributed by atoms with Gasteiger partial charge in [-0.3, -0.25) is 0 Å². The SMILES string of the molecule is CC[Si](CC)(CC)c1ccc(C(c2ccc([Si](CC)(CC)CC)cc2)=c2c(C(C)(C)C)ccc3c2=Cc2cc(C(C)(C)C)ccc2-3)cc1. The van der Waals surface area contributed by atoms with Gasteiger partial charge in [0.15, 0.2) is 0 Å². The number of hydrogen-bond donors (Lipinski definition) is 0. The Morgan fingerprint density at radius 1 is 0.500 bits per heavy atom. The number of benzene rings is 4. The summed E-state index contributed by atoms with van der Waals surface area (Å²) in [6.45, 7) is 28.6. The fraction of sp³-hybridized carbons (Fsp3) is 0.435. The average molecular weight is 671 g/mol. The highest BCUT2D eigenvalue weighted by atomic mass is 28.3. The monoisotopic (exact) mass is 670 g/mol. The molecule has 0 spiro atoms. The summed E-state index contributed by atoms with van der Waals surface area (Å²) in [5.74, 6) is 0. The molecule has 0 unspecified atom stereocenters. The summed E-state index contributed by atoms with van der Waals surface area (Å²) in [6, 6.07) is 39.7. The molecule has 1 aliphatic rings. The van der Waals surface area contributed by atoms with Crippen LogP contribution in [0, 0.1) is 0 Å². The van der Waals surface area contributed by atoms with E-state index in [-0.39, 0.29) is 10.8 Å². The lowest BCUT2D eigenvalue weighted by Crippen LogP contribution is -2.45. The van der Waals surface area contributed by atoms with Crippen molar-refractivity contribution in [2.45, 2.75) is 130 Å². The van der Waals surface area contributed by atoms with Crippen molar-refractivity contribution in [3.05, 3.63) is 117 Å². The molecule has 0 nitrogen and oxygen atoms in total. The third kappa shape index (κ3) is 6.40. The van der Waals surface area contributed by atoms with Gasteiger partial charge in [-0.05, 0) is 71.9 Å². The van der Waals surface area contributed by atoms with Crippen molar-refractivity contribution in [2.24, 2.45) is 0 Å². The van der Waals surface area contributed by atoms with Gasteiger partial charge in [0, 0.05) is 0 Å². The summed E-state index contributed by atoms with van der Waals surface area (Å²) >= 11 is 0. The number of fused-ring (bicyclic) bond motifs is 3. The molecule has 0 heterocycles. The van der Waals surface area contributed by atoms with Crippen LogP contribution >= 0.6 is 0 Å². The maximum Gasteiger partial charge on any atom is 0.0859 e. The molecule has 0 radical (unpaired) electrons. The fourth-order valence-electron chi connectivity index (χ4n) is 8.61. The maximum atomic E-state index is 2.50. The molecule has 0 bridgehead atoms. The van der Waals surface area contributed by atoms with Crippen LogP contribution in [0.15, 0.2) is 78.9 Å². The lowest BCUT2D eigenvalue weighted by Gasteiger charge is -2.29. The molecule has 48 heavy (non-hydrogen) atoms. The Balaban J connectivity index is 1.90. The van der Waals surface area contributed by atoms with Crippen LogP contribution in [-0.4, -0.2) is 16.1 Å². The van der Waals surface area contributed by atoms with Crippen LogP contribution in [0.25, 0.3) is 22.8 Å². The zero-order chi connectivity index (χ0) is 35.1. The smallest absolute Gasteiger partial charge is 0.0675 e. The van der Waals surface area contributed by atoms with E-state index in [2.05, 4.69) is 168 Å². The van der Waals surface area contributed by atoms with E-state index in [4.69, 9.17) is 0 Å². The highest BCUT2D eigenvalue weighted by Gasteiger charge is 2.31. The fourth-order valence-corrected chi connectivity index (χ4v) is 15.8. The summed E-state index contributed by atoms with van der Waals surface area (Å²) in [4.78, 5) is 0. The van der Waals surface area contributed by atoms with Crippen LogP contribution in [0.2, 0.25) is 36.3 Å². The Bertz CT molecular complexity index is 1790. The zero-order valence-electron chi connectivity index (χ0n) is 32.3. The molecule has 0 aliphatic heterocycles. The minimum absolute atomic E-state index is 0.0158. The van der Waals surface area contributed by atoms with Gasteiger partial charge in [0.1, 0.15) is 0 Å².